The molecule has 10 rings (SSSR count). The van der Waals surface area contributed by atoms with Crippen LogP contribution in [0.2, 0.25) is 0 Å². The van der Waals surface area contributed by atoms with Crippen molar-refractivity contribution in [3.63, 3.8) is 0 Å². The molecule has 4 heteroatoms. The third-order valence-corrected chi connectivity index (χ3v) is 10.3. The van der Waals surface area contributed by atoms with Crippen LogP contribution in [-0.4, -0.2) is 9.13 Å². The van der Waals surface area contributed by atoms with E-state index in [-0.39, 0.29) is 0 Å². The topological polar surface area (TPSA) is 38.0 Å². The van der Waals surface area contributed by atoms with Gasteiger partial charge in [-0.3, -0.25) is 0 Å². The van der Waals surface area contributed by atoms with Crippen LogP contribution in [0.3, 0.4) is 0 Å². The molecule has 0 radical (unpaired) electrons. The number of aromatic nitrogens is 2. The van der Waals surface area contributed by atoms with E-state index in [4.69, 9.17) is 6.57 Å². The molecule has 0 saturated heterocycles. The molecule has 0 fully saturated rings. The van der Waals surface area contributed by atoms with Gasteiger partial charge in [0.2, 0.25) is 5.69 Å². The Kier molecular flexibility index (Phi) is 6.58. The first-order valence-electron chi connectivity index (χ1n) is 17.3. The van der Waals surface area contributed by atoms with Crippen molar-refractivity contribution in [2.45, 2.75) is 0 Å². The summed E-state index contributed by atoms with van der Waals surface area (Å²) in [5, 5.41) is 17.2. The predicted octanol–water partition coefficient (Wildman–Crippen LogP) is 12.8. The lowest BCUT2D eigenvalue weighted by atomic mass is 10.0. The van der Waals surface area contributed by atoms with Crippen LogP contribution in [0.4, 0.5) is 5.69 Å². The second-order valence-corrected chi connectivity index (χ2v) is 13.2. The number of nitriles is 1. The monoisotopic (exact) mass is 660 g/mol. The summed E-state index contributed by atoms with van der Waals surface area (Å²) in [6.07, 6.45) is 0. The summed E-state index contributed by atoms with van der Waals surface area (Å²) >= 11 is 0. The molecule has 0 bridgehead atoms. The largest absolute Gasteiger partial charge is 0.319 e. The molecule has 2 aromatic heterocycles. The Morgan fingerprint density at radius 1 is 0.442 bits per heavy atom. The second-order valence-electron chi connectivity index (χ2n) is 13.2. The average Bonchev–Trinajstić information content (AvgIpc) is 3.73. The van der Waals surface area contributed by atoms with Crippen molar-refractivity contribution >= 4 is 60.1 Å². The van der Waals surface area contributed by atoms with E-state index in [9.17, 15) is 5.26 Å². The van der Waals surface area contributed by atoms with Crippen molar-refractivity contribution in [1.82, 2.24) is 9.13 Å². The first-order chi connectivity index (χ1) is 25.7. The van der Waals surface area contributed by atoms with Gasteiger partial charge in [0.05, 0.1) is 51.6 Å². The average molecular weight is 661 g/mol. The normalized spacial score (nSPS) is 11.4. The summed E-state index contributed by atoms with van der Waals surface area (Å²) in [7, 11) is 0. The molecule has 0 amide bonds. The van der Waals surface area contributed by atoms with Crippen LogP contribution in [-0.2, 0) is 0 Å². The van der Waals surface area contributed by atoms with Crippen molar-refractivity contribution in [2.24, 2.45) is 0 Å². The highest BCUT2D eigenvalue weighted by molar-refractivity contribution is 6.21. The smallest absolute Gasteiger partial charge is 0.234 e. The number of hydrogen-bond donors (Lipinski definition) is 0. The molecule has 8 aromatic carbocycles. The molecule has 0 aliphatic heterocycles. The Bertz CT molecular complexity index is 3040. The molecule has 0 aliphatic carbocycles. The van der Waals surface area contributed by atoms with Crippen LogP contribution in [0.15, 0.2) is 170 Å². The van der Waals surface area contributed by atoms with Crippen molar-refractivity contribution in [3.8, 4) is 39.7 Å². The molecule has 52 heavy (non-hydrogen) atoms. The van der Waals surface area contributed by atoms with Gasteiger partial charge in [-0.05, 0) is 81.6 Å². The van der Waals surface area contributed by atoms with Gasteiger partial charge in [0.1, 0.15) is 0 Å². The van der Waals surface area contributed by atoms with Crippen molar-refractivity contribution < 1.29 is 0 Å². The van der Waals surface area contributed by atoms with Crippen LogP contribution in [0, 0.1) is 17.9 Å². The van der Waals surface area contributed by atoms with E-state index in [0.717, 1.165) is 76.6 Å². The molecule has 0 atom stereocenters. The van der Waals surface area contributed by atoms with Crippen LogP contribution in [0.5, 0.6) is 0 Å². The maximum Gasteiger partial charge on any atom is 0.234 e. The Morgan fingerprint density at radius 2 is 0.942 bits per heavy atom. The van der Waals surface area contributed by atoms with Crippen LogP contribution >= 0.6 is 0 Å². The molecule has 10 aromatic rings. The van der Waals surface area contributed by atoms with Gasteiger partial charge in [-0.25, -0.2) is 4.85 Å². The van der Waals surface area contributed by atoms with Crippen LogP contribution in [0.1, 0.15) is 5.56 Å². The minimum atomic E-state index is 0.480. The highest BCUT2D eigenvalue weighted by atomic mass is 15.0. The fraction of sp³-hybridized carbons (Fsp3) is 0. The molecular weight excluding hydrogens is 633 g/mol. The summed E-state index contributed by atoms with van der Waals surface area (Å²) in [4.78, 5) is 4.28. The van der Waals surface area contributed by atoms with Gasteiger partial charge in [0.15, 0.2) is 0 Å². The number of nitrogens with zero attached hydrogens (tertiary/aromatic N) is 4. The Hall–Kier alpha value is -7.40. The fourth-order valence-electron chi connectivity index (χ4n) is 8.03. The minimum absolute atomic E-state index is 0.480. The van der Waals surface area contributed by atoms with E-state index < -0.39 is 0 Å². The van der Waals surface area contributed by atoms with Gasteiger partial charge in [-0.2, -0.15) is 5.26 Å². The van der Waals surface area contributed by atoms with Gasteiger partial charge in [-0.15, -0.1) is 0 Å². The molecule has 0 N–H and O–H groups in total. The van der Waals surface area contributed by atoms with Gasteiger partial charge in [0, 0.05) is 21.5 Å². The number of fused-ring (bicyclic) bond motifs is 8. The lowest BCUT2D eigenvalue weighted by Gasteiger charge is -2.17. The quantitative estimate of drug-likeness (QED) is 0.173. The Balaban J connectivity index is 1.31. The number of hydrogen-bond acceptors (Lipinski definition) is 1. The maximum absolute atomic E-state index is 10.5. The van der Waals surface area contributed by atoms with Gasteiger partial charge >= 0.3 is 0 Å². The first kappa shape index (κ1) is 29.5. The summed E-state index contributed by atoms with van der Waals surface area (Å²) in [5.41, 5.74) is 10.8. The van der Waals surface area contributed by atoms with E-state index in [1.807, 2.05) is 30.3 Å². The number of rotatable bonds is 4. The second kappa shape index (κ2) is 11.6. The van der Waals surface area contributed by atoms with E-state index in [1.165, 1.54) is 0 Å². The van der Waals surface area contributed by atoms with Crippen LogP contribution in [0.25, 0.3) is 92.9 Å². The Morgan fingerprint density at radius 3 is 1.54 bits per heavy atom. The standard InChI is InChI=1S/C48H28N4/c1-50-48-45(26-31(30-49)27-46(48)52-41-19-11-10-18-38(41)47-37-17-9-8-16-34(37)20-25-44(47)52)51-42-23-21-35(32-12-4-2-5-13-32)28-39(42)40-29-36(22-24-43(40)51)33-14-6-3-7-15-33/h2-29H. The number of para-hydroxylation sites is 1. The van der Waals surface area contributed by atoms with Crippen molar-refractivity contribution in [2.75, 3.05) is 0 Å². The highest BCUT2D eigenvalue weighted by Gasteiger charge is 2.23. The zero-order valence-corrected chi connectivity index (χ0v) is 28.0. The van der Waals surface area contributed by atoms with Crippen LogP contribution < -0.4 is 0 Å². The number of benzene rings is 8. The summed E-state index contributed by atoms with van der Waals surface area (Å²) in [5.74, 6) is 0. The zero-order valence-electron chi connectivity index (χ0n) is 28.0. The summed E-state index contributed by atoms with van der Waals surface area (Å²) in [6, 6.07) is 61.2. The Labute approximate surface area is 300 Å². The molecule has 240 valence electrons. The molecule has 0 unspecified atom stereocenters. The van der Waals surface area contributed by atoms with E-state index in [1.54, 1.807) is 0 Å². The molecule has 4 nitrogen and oxygen atoms in total. The zero-order chi connectivity index (χ0) is 34.8. The third-order valence-electron chi connectivity index (χ3n) is 10.3. The lowest BCUT2D eigenvalue weighted by molar-refractivity contribution is 1.14. The van der Waals surface area contributed by atoms with E-state index >= 15 is 0 Å². The summed E-state index contributed by atoms with van der Waals surface area (Å²) in [6.45, 7) is 8.73. The lowest BCUT2D eigenvalue weighted by Crippen LogP contribution is -2.01. The fourth-order valence-corrected chi connectivity index (χ4v) is 8.03. The van der Waals surface area contributed by atoms with Gasteiger partial charge < -0.3 is 9.13 Å². The van der Waals surface area contributed by atoms with E-state index in [0.29, 0.717) is 22.6 Å². The molecule has 0 aliphatic rings. The molecular formula is C48H28N4. The van der Waals surface area contributed by atoms with E-state index in [2.05, 4.69) is 160 Å². The third kappa shape index (κ3) is 4.39. The molecule has 2 heterocycles. The van der Waals surface area contributed by atoms with Crippen molar-refractivity contribution in [1.29, 1.82) is 5.26 Å². The first-order valence-corrected chi connectivity index (χ1v) is 17.3. The molecule has 0 saturated carbocycles. The van der Waals surface area contributed by atoms with Crippen molar-refractivity contribution in [3.05, 3.63) is 187 Å². The maximum atomic E-state index is 10.5. The van der Waals surface area contributed by atoms with Gasteiger partial charge in [-0.1, -0.05) is 121 Å². The highest BCUT2D eigenvalue weighted by Crippen LogP contribution is 2.44. The SMILES string of the molecule is [C-]#[N+]c1c(-n2c3ccc(-c4ccccc4)cc3c3cc(-c4ccccc4)ccc32)cc(C#N)cc1-n1c2ccccc2c2c3ccccc3ccc21. The summed E-state index contributed by atoms with van der Waals surface area (Å²) < 4.78 is 4.35. The van der Waals surface area contributed by atoms with Gasteiger partial charge in [0.25, 0.3) is 0 Å². The predicted molar refractivity (Wildman–Crippen MR) is 214 cm³/mol. The molecule has 0 spiro atoms. The minimum Gasteiger partial charge on any atom is -0.319 e.